The van der Waals surface area contributed by atoms with Crippen molar-refractivity contribution in [3.8, 4) is 0 Å². The number of thioether (sulfide) groups is 1. The standard InChI is InChI=1S/C6H10O3S/c1-4(7)9-6-3-8-5(2)10-6/h5-6H,3H2,1-2H3. The van der Waals surface area contributed by atoms with E-state index in [0.717, 1.165) is 0 Å². The molecular formula is C6H10O3S. The van der Waals surface area contributed by atoms with E-state index in [1.165, 1.54) is 18.7 Å². The van der Waals surface area contributed by atoms with E-state index in [-0.39, 0.29) is 16.8 Å². The molecule has 0 N–H and O–H groups in total. The van der Waals surface area contributed by atoms with Crippen LogP contribution in [0.25, 0.3) is 0 Å². The van der Waals surface area contributed by atoms with Gasteiger partial charge in [-0.15, -0.1) is 0 Å². The third-order valence-electron chi connectivity index (χ3n) is 1.11. The van der Waals surface area contributed by atoms with Gasteiger partial charge in [-0.2, -0.15) is 0 Å². The first-order valence-corrected chi connectivity index (χ1v) is 4.07. The summed E-state index contributed by atoms with van der Waals surface area (Å²) in [5.41, 5.74) is 0.0665. The lowest BCUT2D eigenvalue weighted by Crippen LogP contribution is -2.12. The minimum atomic E-state index is -0.241. The van der Waals surface area contributed by atoms with E-state index in [0.29, 0.717) is 6.61 Å². The second-order valence-corrected chi connectivity index (χ2v) is 3.54. The van der Waals surface area contributed by atoms with Crippen molar-refractivity contribution in [3.63, 3.8) is 0 Å². The first kappa shape index (κ1) is 7.88. The summed E-state index contributed by atoms with van der Waals surface area (Å²) in [5.74, 6) is -0.241. The van der Waals surface area contributed by atoms with Gasteiger partial charge in [0.2, 0.25) is 0 Å². The van der Waals surface area contributed by atoms with Crippen LogP contribution in [0.15, 0.2) is 0 Å². The van der Waals surface area contributed by atoms with Crippen molar-refractivity contribution in [2.45, 2.75) is 24.7 Å². The molecule has 0 amide bonds. The molecule has 1 aliphatic heterocycles. The molecule has 1 aliphatic rings. The Bertz CT molecular complexity index is 137. The summed E-state index contributed by atoms with van der Waals surface area (Å²) in [4.78, 5) is 10.4. The lowest BCUT2D eigenvalue weighted by molar-refractivity contribution is -0.143. The van der Waals surface area contributed by atoms with Crippen molar-refractivity contribution in [1.29, 1.82) is 0 Å². The van der Waals surface area contributed by atoms with Gasteiger partial charge >= 0.3 is 5.97 Å². The molecule has 0 aromatic heterocycles. The normalized spacial score (nSPS) is 32.2. The molecule has 0 radical (unpaired) electrons. The highest BCUT2D eigenvalue weighted by atomic mass is 32.2. The third kappa shape index (κ3) is 2.19. The zero-order valence-corrected chi connectivity index (χ0v) is 6.81. The van der Waals surface area contributed by atoms with Crippen molar-refractivity contribution in [2.24, 2.45) is 0 Å². The molecule has 0 bridgehead atoms. The van der Waals surface area contributed by atoms with Gasteiger partial charge in [-0.25, -0.2) is 0 Å². The van der Waals surface area contributed by atoms with E-state index in [4.69, 9.17) is 9.47 Å². The van der Waals surface area contributed by atoms with Gasteiger partial charge in [-0.1, -0.05) is 11.8 Å². The fourth-order valence-electron chi connectivity index (χ4n) is 0.753. The molecule has 1 heterocycles. The molecule has 58 valence electrons. The molecule has 0 saturated carbocycles. The highest BCUT2D eigenvalue weighted by molar-refractivity contribution is 8.00. The van der Waals surface area contributed by atoms with E-state index >= 15 is 0 Å². The lowest BCUT2D eigenvalue weighted by atomic mass is 10.7. The zero-order valence-electron chi connectivity index (χ0n) is 5.99. The third-order valence-corrected chi connectivity index (χ3v) is 2.16. The Morgan fingerprint density at radius 2 is 2.50 bits per heavy atom. The van der Waals surface area contributed by atoms with E-state index in [9.17, 15) is 4.79 Å². The zero-order chi connectivity index (χ0) is 7.56. The summed E-state index contributed by atoms with van der Waals surface area (Å²) < 4.78 is 10.0. The lowest BCUT2D eigenvalue weighted by Gasteiger charge is -2.05. The van der Waals surface area contributed by atoms with E-state index in [2.05, 4.69) is 0 Å². The molecule has 3 nitrogen and oxygen atoms in total. The molecule has 2 unspecified atom stereocenters. The molecule has 1 fully saturated rings. The van der Waals surface area contributed by atoms with Gasteiger partial charge < -0.3 is 9.47 Å². The van der Waals surface area contributed by atoms with Crippen molar-refractivity contribution < 1.29 is 14.3 Å². The minimum absolute atomic E-state index is 0.0903. The van der Waals surface area contributed by atoms with Crippen LogP contribution in [0.3, 0.4) is 0 Å². The quantitative estimate of drug-likeness (QED) is 0.538. The van der Waals surface area contributed by atoms with E-state index < -0.39 is 0 Å². The highest BCUT2D eigenvalue weighted by Crippen LogP contribution is 2.27. The summed E-state index contributed by atoms with van der Waals surface area (Å²) in [6.07, 6.45) is 0. The summed E-state index contributed by atoms with van der Waals surface area (Å²) >= 11 is 1.53. The SMILES string of the molecule is CC(=O)OC1COC(C)S1. The van der Waals surface area contributed by atoms with Gasteiger partial charge in [0.05, 0.1) is 6.61 Å². The number of rotatable bonds is 1. The Morgan fingerprint density at radius 3 is 2.90 bits per heavy atom. The van der Waals surface area contributed by atoms with Crippen LogP contribution in [0.4, 0.5) is 0 Å². The van der Waals surface area contributed by atoms with Crippen LogP contribution in [0.2, 0.25) is 0 Å². The fourth-order valence-corrected chi connectivity index (χ4v) is 1.69. The Morgan fingerprint density at radius 1 is 1.80 bits per heavy atom. The summed E-state index contributed by atoms with van der Waals surface area (Å²) in [6, 6.07) is 0. The Kier molecular flexibility index (Phi) is 2.56. The molecule has 10 heavy (non-hydrogen) atoms. The number of ether oxygens (including phenoxy) is 2. The number of esters is 1. The van der Waals surface area contributed by atoms with Gasteiger partial charge in [0.25, 0.3) is 0 Å². The number of hydrogen-bond acceptors (Lipinski definition) is 4. The first-order chi connectivity index (χ1) is 4.68. The molecule has 1 saturated heterocycles. The summed E-state index contributed by atoms with van der Waals surface area (Å²) in [5, 5.41) is 0. The molecule has 1 rings (SSSR count). The topological polar surface area (TPSA) is 35.5 Å². The van der Waals surface area contributed by atoms with Crippen LogP contribution >= 0.6 is 11.8 Å². The van der Waals surface area contributed by atoms with Crippen molar-refractivity contribution in [1.82, 2.24) is 0 Å². The van der Waals surface area contributed by atoms with Crippen LogP contribution in [0.5, 0.6) is 0 Å². The number of carbonyl (C=O) groups is 1. The van der Waals surface area contributed by atoms with Gasteiger partial charge in [-0.3, -0.25) is 4.79 Å². The van der Waals surface area contributed by atoms with Crippen LogP contribution in [-0.4, -0.2) is 23.4 Å². The van der Waals surface area contributed by atoms with Crippen LogP contribution < -0.4 is 0 Å². The van der Waals surface area contributed by atoms with Gasteiger partial charge in [0, 0.05) is 6.92 Å². The average Bonchev–Trinajstić information content (AvgIpc) is 2.13. The predicted octanol–water partition coefficient (Wildman–Crippen LogP) is 0.985. The molecule has 2 atom stereocenters. The average molecular weight is 162 g/mol. The largest absolute Gasteiger partial charge is 0.449 e. The molecule has 0 aromatic rings. The molecule has 0 spiro atoms. The Balaban J connectivity index is 2.24. The van der Waals surface area contributed by atoms with Gasteiger partial charge in [-0.05, 0) is 6.92 Å². The van der Waals surface area contributed by atoms with Crippen molar-refractivity contribution in [2.75, 3.05) is 6.61 Å². The van der Waals surface area contributed by atoms with Gasteiger partial charge in [0.15, 0.2) is 5.44 Å². The summed E-state index contributed by atoms with van der Waals surface area (Å²) in [6.45, 7) is 3.86. The minimum Gasteiger partial charge on any atom is -0.449 e. The molecule has 0 aromatic carbocycles. The second-order valence-electron chi connectivity index (χ2n) is 2.08. The van der Waals surface area contributed by atoms with Gasteiger partial charge in [0.1, 0.15) is 5.44 Å². The van der Waals surface area contributed by atoms with Crippen LogP contribution in [-0.2, 0) is 14.3 Å². The van der Waals surface area contributed by atoms with Crippen LogP contribution in [0.1, 0.15) is 13.8 Å². The molecular weight excluding hydrogens is 152 g/mol. The second kappa shape index (κ2) is 3.25. The monoisotopic (exact) mass is 162 g/mol. The van der Waals surface area contributed by atoms with E-state index in [1.807, 2.05) is 6.92 Å². The molecule has 0 aliphatic carbocycles. The predicted molar refractivity (Wildman–Crippen MR) is 38.6 cm³/mol. The fraction of sp³-hybridized carbons (Fsp3) is 0.833. The van der Waals surface area contributed by atoms with Crippen molar-refractivity contribution in [3.05, 3.63) is 0 Å². The number of carbonyl (C=O) groups excluding carboxylic acids is 1. The maximum absolute atomic E-state index is 10.4. The smallest absolute Gasteiger partial charge is 0.303 e. The Labute approximate surface area is 64.1 Å². The maximum Gasteiger partial charge on any atom is 0.303 e. The number of hydrogen-bond donors (Lipinski definition) is 0. The Hall–Kier alpha value is -0.220. The highest BCUT2D eigenvalue weighted by Gasteiger charge is 2.24. The van der Waals surface area contributed by atoms with Crippen molar-refractivity contribution >= 4 is 17.7 Å². The van der Waals surface area contributed by atoms with E-state index in [1.54, 1.807) is 0 Å². The summed E-state index contributed by atoms with van der Waals surface area (Å²) in [7, 11) is 0. The first-order valence-electron chi connectivity index (χ1n) is 3.13. The maximum atomic E-state index is 10.4. The van der Waals surface area contributed by atoms with Crippen LogP contribution in [0, 0.1) is 0 Å². The molecule has 4 heteroatoms.